The molecule has 0 fully saturated rings. The van der Waals surface area contributed by atoms with E-state index in [9.17, 15) is 4.79 Å². The second-order valence-corrected chi connectivity index (χ2v) is 5.92. The zero-order chi connectivity index (χ0) is 17.9. The number of hydrogen-bond donors (Lipinski definition) is 1. The van der Waals surface area contributed by atoms with Crippen LogP contribution < -0.4 is 5.32 Å². The number of guanidine groups is 1. The quantitative estimate of drug-likeness (QED) is 0.527. The Bertz CT molecular complexity index is 524. The molecule has 0 atom stereocenters. The van der Waals surface area contributed by atoms with Crippen molar-refractivity contribution in [2.75, 3.05) is 40.8 Å². The molecule has 0 saturated carbocycles. The molecule has 0 radical (unpaired) electrons. The van der Waals surface area contributed by atoms with Crippen LogP contribution in [0, 0.1) is 0 Å². The molecule has 0 aliphatic heterocycles. The van der Waals surface area contributed by atoms with Crippen molar-refractivity contribution in [1.29, 1.82) is 0 Å². The number of hydrogen-bond acceptors (Lipinski definition) is 4. The number of carbonyl (C=O) groups excluding carboxylic acids is 1. The number of rotatable bonds is 9. The number of nitrogens with zero attached hydrogens (tertiary/aromatic N) is 6. The Morgan fingerprint density at radius 3 is 2.71 bits per heavy atom. The van der Waals surface area contributed by atoms with E-state index in [2.05, 4.69) is 39.3 Å². The Morgan fingerprint density at radius 2 is 2.08 bits per heavy atom. The summed E-state index contributed by atoms with van der Waals surface area (Å²) in [5, 5.41) is 11.4. The summed E-state index contributed by atoms with van der Waals surface area (Å²) in [6.45, 7) is 6.75. The van der Waals surface area contributed by atoms with Gasteiger partial charge in [0.25, 0.3) is 0 Å². The average Bonchev–Trinajstić information content (AvgIpc) is 3.02. The lowest BCUT2D eigenvalue weighted by Gasteiger charge is -2.22. The minimum atomic E-state index is -0.00901. The maximum Gasteiger partial charge on any atom is 0.243 e. The number of unbranched alkanes of at least 4 members (excludes halogenated alkanes) is 1. The molecule has 0 aliphatic carbocycles. The molecular formula is C16H31N7O. The van der Waals surface area contributed by atoms with Crippen molar-refractivity contribution >= 4 is 11.9 Å². The van der Waals surface area contributed by atoms with Gasteiger partial charge >= 0.3 is 0 Å². The van der Waals surface area contributed by atoms with Gasteiger partial charge in [-0.2, -0.15) is 0 Å². The topological polar surface area (TPSA) is 78.7 Å². The molecule has 0 saturated heterocycles. The largest absolute Gasteiger partial charge is 0.354 e. The van der Waals surface area contributed by atoms with E-state index in [1.54, 1.807) is 25.3 Å². The molecule has 1 aromatic heterocycles. The third-order valence-corrected chi connectivity index (χ3v) is 3.72. The van der Waals surface area contributed by atoms with Gasteiger partial charge in [-0.3, -0.25) is 4.79 Å². The van der Waals surface area contributed by atoms with Crippen molar-refractivity contribution in [3.63, 3.8) is 0 Å². The van der Waals surface area contributed by atoms with E-state index in [-0.39, 0.29) is 12.5 Å². The van der Waals surface area contributed by atoms with E-state index < -0.39 is 0 Å². The fraction of sp³-hybridized carbons (Fsp3) is 0.750. The molecule has 1 aromatic rings. The number of aliphatic imine (C=N–C) groups is 1. The highest BCUT2D eigenvalue weighted by Crippen LogP contribution is 1.97. The zero-order valence-corrected chi connectivity index (χ0v) is 15.6. The molecule has 8 nitrogen and oxygen atoms in total. The summed E-state index contributed by atoms with van der Waals surface area (Å²) in [6, 6.07) is 0. The first-order valence-corrected chi connectivity index (χ1v) is 8.55. The standard InChI is InChI=1S/C16H31N7O/c1-6-8-10-22(5)16(18-12-15(24)21(3)4)17-9-11-23-13-19-20-14(23)7-2/h13H,6-12H2,1-5H3,(H,17,18). The lowest BCUT2D eigenvalue weighted by atomic mass is 10.3. The number of carbonyl (C=O) groups is 1. The molecule has 1 rings (SSSR count). The van der Waals surface area contributed by atoms with E-state index in [1.807, 2.05) is 11.6 Å². The van der Waals surface area contributed by atoms with Gasteiger partial charge in [0, 0.05) is 47.2 Å². The van der Waals surface area contributed by atoms with Crippen LogP contribution in [-0.2, 0) is 17.8 Å². The number of likely N-dealkylation sites (N-methyl/N-ethyl adjacent to an activating group) is 1. The molecule has 1 amide bonds. The lowest BCUT2D eigenvalue weighted by molar-refractivity contribution is -0.127. The van der Waals surface area contributed by atoms with Gasteiger partial charge in [0.2, 0.25) is 5.91 Å². The highest BCUT2D eigenvalue weighted by atomic mass is 16.2. The van der Waals surface area contributed by atoms with Gasteiger partial charge in [-0.1, -0.05) is 20.3 Å². The molecule has 1 N–H and O–H groups in total. The van der Waals surface area contributed by atoms with Gasteiger partial charge in [0.15, 0.2) is 5.96 Å². The molecule has 1 heterocycles. The predicted octanol–water partition coefficient (Wildman–Crippen LogP) is 0.606. The van der Waals surface area contributed by atoms with Crippen molar-refractivity contribution in [2.24, 2.45) is 4.99 Å². The van der Waals surface area contributed by atoms with Crippen molar-refractivity contribution < 1.29 is 4.79 Å². The second-order valence-electron chi connectivity index (χ2n) is 5.92. The van der Waals surface area contributed by atoms with E-state index in [1.165, 1.54) is 0 Å². The summed E-state index contributed by atoms with van der Waals surface area (Å²) < 4.78 is 2.03. The van der Waals surface area contributed by atoms with Gasteiger partial charge in [0.1, 0.15) is 18.7 Å². The summed E-state index contributed by atoms with van der Waals surface area (Å²) in [6.07, 6.45) is 4.81. The molecule has 136 valence electrons. The third kappa shape index (κ3) is 6.55. The molecule has 0 unspecified atom stereocenters. The summed E-state index contributed by atoms with van der Waals surface area (Å²) in [7, 11) is 5.48. The Hall–Kier alpha value is -2.12. The van der Waals surface area contributed by atoms with Crippen LogP contribution in [-0.4, -0.2) is 77.2 Å². The first kappa shape index (κ1) is 19.9. The van der Waals surface area contributed by atoms with Gasteiger partial charge in [-0.15, -0.1) is 10.2 Å². The maximum absolute atomic E-state index is 11.8. The number of aromatic nitrogens is 3. The molecule has 0 aliphatic rings. The first-order chi connectivity index (χ1) is 11.5. The zero-order valence-electron chi connectivity index (χ0n) is 15.6. The van der Waals surface area contributed by atoms with Crippen LogP contribution in [0.5, 0.6) is 0 Å². The van der Waals surface area contributed by atoms with Gasteiger partial charge in [-0.25, -0.2) is 4.99 Å². The minimum absolute atomic E-state index is 0.00901. The van der Waals surface area contributed by atoms with Crippen LogP contribution in [0.25, 0.3) is 0 Å². The van der Waals surface area contributed by atoms with Crippen molar-refractivity contribution in [3.8, 4) is 0 Å². The van der Waals surface area contributed by atoms with Crippen LogP contribution in [0.15, 0.2) is 11.3 Å². The Kier molecular flexibility index (Phi) is 8.81. The van der Waals surface area contributed by atoms with Crippen molar-refractivity contribution in [1.82, 2.24) is 29.9 Å². The fourth-order valence-electron chi connectivity index (χ4n) is 2.12. The minimum Gasteiger partial charge on any atom is -0.354 e. The molecule has 0 bridgehead atoms. The number of amides is 1. The van der Waals surface area contributed by atoms with Crippen LogP contribution in [0.4, 0.5) is 0 Å². The Balaban J connectivity index is 2.63. The smallest absolute Gasteiger partial charge is 0.243 e. The van der Waals surface area contributed by atoms with E-state index in [0.29, 0.717) is 6.54 Å². The van der Waals surface area contributed by atoms with E-state index in [0.717, 1.165) is 44.1 Å². The monoisotopic (exact) mass is 337 g/mol. The Morgan fingerprint density at radius 1 is 1.33 bits per heavy atom. The third-order valence-electron chi connectivity index (χ3n) is 3.72. The molecule has 24 heavy (non-hydrogen) atoms. The predicted molar refractivity (Wildman–Crippen MR) is 95.9 cm³/mol. The highest BCUT2D eigenvalue weighted by molar-refractivity contribution is 5.84. The van der Waals surface area contributed by atoms with Crippen LogP contribution in [0.1, 0.15) is 32.5 Å². The maximum atomic E-state index is 11.8. The van der Waals surface area contributed by atoms with Gasteiger partial charge in [0.05, 0.1) is 0 Å². The fourth-order valence-corrected chi connectivity index (χ4v) is 2.12. The summed E-state index contributed by atoms with van der Waals surface area (Å²) in [5.74, 6) is 1.72. The summed E-state index contributed by atoms with van der Waals surface area (Å²) >= 11 is 0. The second kappa shape index (κ2) is 10.6. The van der Waals surface area contributed by atoms with Crippen LogP contribution in [0.3, 0.4) is 0 Å². The van der Waals surface area contributed by atoms with Crippen LogP contribution >= 0.6 is 0 Å². The van der Waals surface area contributed by atoms with E-state index >= 15 is 0 Å². The highest BCUT2D eigenvalue weighted by Gasteiger charge is 2.09. The van der Waals surface area contributed by atoms with Crippen LogP contribution in [0.2, 0.25) is 0 Å². The van der Waals surface area contributed by atoms with Crippen molar-refractivity contribution in [3.05, 3.63) is 12.2 Å². The normalized spacial score (nSPS) is 11.5. The molecular weight excluding hydrogens is 306 g/mol. The summed E-state index contributed by atoms with van der Waals surface area (Å²) in [4.78, 5) is 19.9. The van der Waals surface area contributed by atoms with Gasteiger partial charge in [-0.05, 0) is 6.42 Å². The number of nitrogens with one attached hydrogen (secondary N) is 1. The van der Waals surface area contributed by atoms with Gasteiger partial charge < -0.3 is 19.7 Å². The average molecular weight is 337 g/mol. The SMILES string of the molecule is CCCCN(C)C(=NCC(=O)N(C)C)NCCn1cnnc1CC. The molecule has 0 aromatic carbocycles. The van der Waals surface area contributed by atoms with E-state index in [4.69, 9.17) is 0 Å². The Labute approximate surface area is 144 Å². The molecule has 8 heteroatoms. The lowest BCUT2D eigenvalue weighted by Crippen LogP contribution is -2.41. The summed E-state index contributed by atoms with van der Waals surface area (Å²) in [5.41, 5.74) is 0. The van der Waals surface area contributed by atoms with Crippen molar-refractivity contribution in [2.45, 2.75) is 39.7 Å². The first-order valence-electron chi connectivity index (χ1n) is 8.55. The number of aryl methyl sites for hydroxylation is 1. The molecule has 0 spiro atoms.